The standard InChI is InChI=1S/C23H21N3O2S/c1-4-13-25-15(2)19(18-7-5-6-8-21(18)25)14-20-22(27)26(23(29)24-20)16-9-11-17(28-3)12-10-16/h4-12H,1,13-14H2,2-3H3. The molecule has 6 heteroatoms. The minimum Gasteiger partial charge on any atom is -0.497 e. The lowest BCUT2D eigenvalue weighted by atomic mass is 10.0. The van der Waals surface area contributed by atoms with Gasteiger partial charge in [0.2, 0.25) is 5.11 Å². The number of benzene rings is 2. The van der Waals surface area contributed by atoms with Crippen molar-refractivity contribution in [2.24, 2.45) is 4.99 Å². The molecule has 3 aromatic rings. The number of aliphatic imine (C=N–C) groups is 1. The number of hydrogen-bond donors (Lipinski definition) is 0. The second-order valence-corrected chi connectivity index (χ2v) is 7.20. The van der Waals surface area contributed by atoms with Gasteiger partial charge in [0.05, 0.1) is 12.8 Å². The van der Waals surface area contributed by atoms with Gasteiger partial charge in [0.15, 0.2) is 0 Å². The average molecular weight is 404 g/mol. The van der Waals surface area contributed by atoms with E-state index in [1.807, 2.05) is 30.3 Å². The number of carbonyl (C=O) groups excluding carboxylic acids is 1. The number of para-hydroxylation sites is 1. The summed E-state index contributed by atoms with van der Waals surface area (Å²) < 4.78 is 7.39. The Morgan fingerprint density at radius 1 is 1.17 bits per heavy atom. The zero-order valence-electron chi connectivity index (χ0n) is 16.4. The molecule has 2 aromatic carbocycles. The number of amides is 1. The molecule has 0 aliphatic carbocycles. The molecule has 1 amide bonds. The largest absolute Gasteiger partial charge is 0.497 e. The Morgan fingerprint density at radius 3 is 2.59 bits per heavy atom. The fraction of sp³-hybridized carbons (Fsp3) is 0.174. The van der Waals surface area contributed by atoms with Gasteiger partial charge < -0.3 is 9.30 Å². The summed E-state index contributed by atoms with van der Waals surface area (Å²) >= 11 is 5.40. The van der Waals surface area contributed by atoms with Crippen LogP contribution in [0.15, 0.2) is 66.2 Å². The van der Waals surface area contributed by atoms with E-state index in [9.17, 15) is 4.79 Å². The Labute approximate surface area is 174 Å². The van der Waals surface area contributed by atoms with Crippen molar-refractivity contribution in [3.63, 3.8) is 0 Å². The molecule has 1 aliphatic heterocycles. The van der Waals surface area contributed by atoms with Crippen LogP contribution in [0, 0.1) is 6.92 Å². The highest BCUT2D eigenvalue weighted by Gasteiger charge is 2.32. The molecule has 29 heavy (non-hydrogen) atoms. The smallest absolute Gasteiger partial charge is 0.279 e. The first kappa shape index (κ1) is 19.1. The molecule has 0 N–H and O–H groups in total. The highest BCUT2D eigenvalue weighted by molar-refractivity contribution is 7.80. The van der Waals surface area contributed by atoms with Crippen LogP contribution in [-0.4, -0.2) is 28.4 Å². The maximum atomic E-state index is 13.1. The van der Waals surface area contributed by atoms with Crippen molar-refractivity contribution >= 4 is 45.5 Å². The number of rotatable bonds is 6. The summed E-state index contributed by atoms with van der Waals surface area (Å²) in [5.74, 6) is 0.540. The van der Waals surface area contributed by atoms with Gasteiger partial charge in [-0.25, -0.2) is 4.99 Å². The van der Waals surface area contributed by atoms with Crippen LogP contribution in [0.25, 0.3) is 10.9 Å². The molecule has 0 saturated carbocycles. The van der Waals surface area contributed by atoms with Crippen molar-refractivity contribution in [3.05, 3.63) is 72.4 Å². The normalized spacial score (nSPS) is 13.9. The van der Waals surface area contributed by atoms with Crippen molar-refractivity contribution in [3.8, 4) is 5.75 Å². The SMILES string of the molecule is C=CCn1c(C)c(CC2=NC(=S)N(c3ccc(OC)cc3)C2=O)c2ccccc21. The van der Waals surface area contributed by atoms with Crippen molar-refractivity contribution in [1.82, 2.24) is 4.57 Å². The molecular weight excluding hydrogens is 382 g/mol. The number of anilines is 1. The lowest BCUT2D eigenvalue weighted by Gasteiger charge is -2.15. The molecule has 0 atom stereocenters. The van der Waals surface area contributed by atoms with Crippen LogP contribution in [0.1, 0.15) is 11.3 Å². The Morgan fingerprint density at radius 2 is 1.90 bits per heavy atom. The van der Waals surface area contributed by atoms with E-state index in [0.717, 1.165) is 27.9 Å². The van der Waals surface area contributed by atoms with Crippen LogP contribution < -0.4 is 9.64 Å². The number of thiocarbonyl (C=S) groups is 1. The number of allylic oxidation sites excluding steroid dienone is 1. The summed E-state index contributed by atoms with van der Waals surface area (Å²) in [6.45, 7) is 6.64. The number of hydrogen-bond acceptors (Lipinski definition) is 3. The third-order valence-electron chi connectivity index (χ3n) is 5.22. The molecule has 2 heterocycles. The minimum atomic E-state index is -0.180. The molecule has 0 spiro atoms. The van der Waals surface area contributed by atoms with Gasteiger partial charge in [0.25, 0.3) is 5.91 Å². The molecule has 1 aliphatic rings. The van der Waals surface area contributed by atoms with Crippen molar-refractivity contribution in [1.29, 1.82) is 0 Å². The summed E-state index contributed by atoms with van der Waals surface area (Å²) in [5.41, 5.74) is 4.46. The predicted octanol–water partition coefficient (Wildman–Crippen LogP) is 4.46. The average Bonchev–Trinajstić information content (AvgIpc) is 3.16. The quantitative estimate of drug-likeness (QED) is 0.451. The molecule has 4 rings (SSSR count). The molecule has 5 nitrogen and oxygen atoms in total. The van der Waals surface area contributed by atoms with E-state index in [0.29, 0.717) is 24.4 Å². The van der Waals surface area contributed by atoms with Gasteiger partial charge in [-0.05, 0) is 55.0 Å². The van der Waals surface area contributed by atoms with E-state index < -0.39 is 0 Å². The number of aromatic nitrogens is 1. The fourth-order valence-electron chi connectivity index (χ4n) is 3.76. The summed E-state index contributed by atoms with van der Waals surface area (Å²) in [5, 5.41) is 1.39. The summed E-state index contributed by atoms with van der Waals surface area (Å²) in [6, 6.07) is 15.4. The maximum Gasteiger partial charge on any atom is 0.279 e. The highest BCUT2D eigenvalue weighted by Crippen LogP contribution is 2.29. The number of methoxy groups -OCH3 is 1. The maximum absolute atomic E-state index is 13.1. The van der Waals surface area contributed by atoms with Gasteiger partial charge in [-0.15, -0.1) is 6.58 Å². The third-order valence-corrected chi connectivity index (χ3v) is 5.49. The molecular formula is C23H21N3O2S. The van der Waals surface area contributed by atoms with Crippen LogP contribution in [0.4, 0.5) is 5.69 Å². The van der Waals surface area contributed by atoms with Crippen LogP contribution in [0.3, 0.4) is 0 Å². The molecule has 0 unspecified atom stereocenters. The second-order valence-electron chi connectivity index (χ2n) is 6.84. The van der Waals surface area contributed by atoms with Gasteiger partial charge >= 0.3 is 0 Å². The van der Waals surface area contributed by atoms with Crippen molar-refractivity contribution < 1.29 is 9.53 Å². The number of fused-ring (bicyclic) bond motifs is 1. The van der Waals surface area contributed by atoms with E-state index in [1.165, 1.54) is 4.90 Å². The predicted molar refractivity (Wildman–Crippen MR) is 121 cm³/mol. The second kappa shape index (κ2) is 7.64. The van der Waals surface area contributed by atoms with Gasteiger partial charge in [-0.3, -0.25) is 9.69 Å². The highest BCUT2D eigenvalue weighted by atomic mass is 32.1. The number of carbonyl (C=O) groups is 1. The fourth-order valence-corrected chi connectivity index (χ4v) is 4.06. The van der Waals surface area contributed by atoms with Gasteiger partial charge in [-0.2, -0.15) is 0 Å². The van der Waals surface area contributed by atoms with E-state index in [1.54, 1.807) is 19.2 Å². The topological polar surface area (TPSA) is 46.8 Å². The first-order chi connectivity index (χ1) is 14.0. The van der Waals surface area contributed by atoms with E-state index in [4.69, 9.17) is 17.0 Å². The summed E-state index contributed by atoms with van der Waals surface area (Å²) in [7, 11) is 1.60. The van der Waals surface area contributed by atoms with Crippen LogP contribution in [0.5, 0.6) is 5.75 Å². The Hall–Kier alpha value is -3.25. The Kier molecular flexibility index (Phi) is 5.03. The van der Waals surface area contributed by atoms with Crippen LogP contribution >= 0.6 is 12.2 Å². The summed E-state index contributed by atoms with van der Waals surface area (Å²) in [6.07, 6.45) is 2.31. The number of nitrogens with zero attached hydrogens (tertiary/aromatic N) is 3. The minimum absolute atomic E-state index is 0.180. The number of ether oxygens (including phenoxy) is 1. The van der Waals surface area contributed by atoms with Crippen LogP contribution in [0.2, 0.25) is 0 Å². The first-order valence-corrected chi connectivity index (χ1v) is 9.73. The van der Waals surface area contributed by atoms with Gasteiger partial charge in [0, 0.05) is 29.6 Å². The Balaban J connectivity index is 1.68. The molecule has 1 aromatic heterocycles. The Bertz CT molecular complexity index is 1160. The lowest BCUT2D eigenvalue weighted by Crippen LogP contribution is -2.33. The lowest BCUT2D eigenvalue weighted by molar-refractivity contribution is -0.111. The molecule has 0 radical (unpaired) electrons. The van der Waals surface area contributed by atoms with Crippen molar-refractivity contribution in [2.75, 3.05) is 12.0 Å². The first-order valence-electron chi connectivity index (χ1n) is 9.32. The van der Waals surface area contributed by atoms with E-state index in [2.05, 4.69) is 35.2 Å². The zero-order chi connectivity index (χ0) is 20.5. The monoisotopic (exact) mass is 403 g/mol. The van der Waals surface area contributed by atoms with Crippen LogP contribution in [-0.2, 0) is 17.8 Å². The molecule has 146 valence electrons. The van der Waals surface area contributed by atoms with Crippen molar-refractivity contribution in [2.45, 2.75) is 19.9 Å². The molecule has 0 bridgehead atoms. The van der Waals surface area contributed by atoms with E-state index in [-0.39, 0.29) is 11.0 Å². The third kappa shape index (κ3) is 3.25. The van der Waals surface area contributed by atoms with E-state index >= 15 is 0 Å². The zero-order valence-corrected chi connectivity index (χ0v) is 17.2. The molecule has 0 fully saturated rings. The summed E-state index contributed by atoms with van der Waals surface area (Å²) in [4.78, 5) is 19.0. The molecule has 0 saturated heterocycles. The van der Waals surface area contributed by atoms with Gasteiger partial charge in [-0.1, -0.05) is 24.3 Å². The van der Waals surface area contributed by atoms with Gasteiger partial charge in [0.1, 0.15) is 11.5 Å².